The lowest BCUT2D eigenvalue weighted by Crippen LogP contribution is -2.43. The summed E-state index contributed by atoms with van der Waals surface area (Å²) in [7, 11) is 0. The van der Waals surface area contributed by atoms with Gasteiger partial charge in [-0.25, -0.2) is 4.79 Å². The Bertz CT molecular complexity index is 809. The van der Waals surface area contributed by atoms with Crippen LogP contribution in [0.15, 0.2) is 36.3 Å². The Hall–Kier alpha value is -2.83. The molecule has 1 heterocycles. The van der Waals surface area contributed by atoms with Gasteiger partial charge >= 0.3 is 11.9 Å². The van der Waals surface area contributed by atoms with Crippen molar-refractivity contribution in [2.75, 3.05) is 6.61 Å². The smallest absolute Gasteiger partial charge is 0.338 e. The Labute approximate surface area is 176 Å². The Morgan fingerprint density at radius 1 is 1.17 bits per heavy atom. The lowest BCUT2D eigenvalue weighted by Gasteiger charge is -2.37. The number of allylic oxidation sites excluding steroid dienone is 1. The van der Waals surface area contributed by atoms with Crippen molar-refractivity contribution in [2.24, 2.45) is 11.8 Å². The van der Waals surface area contributed by atoms with Crippen LogP contribution in [0, 0.1) is 11.8 Å². The van der Waals surface area contributed by atoms with Crippen LogP contribution in [-0.2, 0) is 23.8 Å². The van der Waals surface area contributed by atoms with Gasteiger partial charge in [0.25, 0.3) is 0 Å². The molecule has 0 amide bonds. The second-order valence-electron chi connectivity index (χ2n) is 7.92. The topological polar surface area (TPSA) is 88.1 Å². The number of carbonyl (C=O) groups is 3. The van der Waals surface area contributed by atoms with Gasteiger partial charge < -0.3 is 18.9 Å². The van der Waals surface area contributed by atoms with E-state index in [4.69, 9.17) is 18.9 Å². The predicted molar refractivity (Wildman–Crippen MR) is 108 cm³/mol. The minimum atomic E-state index is -0.391. The first kappa shape index (κ1) is 21.9. The first-order valence-electron chi connectivity index (χ1n) is 10.4. The van der Waals surface area contributed by atoms with Gasteiger partial charge in [0.05, 0.1) is 24.0 Å². The summed E-state index contributed by atoms with van der Waals surface area (Å²) in [6.45, 7) is 5.88. The van der Waals surface area contributed by atoms with E-state index in [0.29, 0.717) is 37.2 Å². The van der Waals surface area contributed by atoms with Gasteiger partial charge in [0.1, 0.15) is 24.2 Å². The average Bonchev–Trinajstić information content (AvgIpc) is 2.74. The second-order valence-corrected chi connectivity index (χ2v) is 7.92. The molecule has 0 N–H and O–H groups in total. The Morgan fingerprint density at radius 3 is 2.57 bits per heavy atom. The molecule has 2 aliphatic rings. The number of hydrogen-bond donors (Lipinski definition) is 0. The molecule has 1 saturated carbocycles. The molecule has 7 heteroatoms. The number of esters is 2. The van der Waals surface area contributed by atoms with Crippen molar-refractivity contribution in [3.8, 4) is 5.75 Å². The summed E-state index contributed by atoms with van der Waals surface area (Å²) in [6, 6.07) is 6.42. The number of benzene rings is 1. The molecule has 1 aliphatic heterocycles. The van der Waals surface area contributed by atoms with Gasteiger partial charge in [0.2, 0.25) is 11.5 Å². The van der Waals surface area contributed by atoms with E-state index >= 15 is 0 Å². The lowest BCUT2D eigenvalue weighted by atomic mass is 9.80. The van der Waals surface area contributed by atoms with Crippen molar-refractivity contribution < 1.29 is 33.3 Å². The molecule has 0 aromatic heterocycles. The van der Waals surface area contributed by atoms with E-state index in [0.717, 1.165) is 6.42 Å². The van der Waals surface area contributed by atoms with Crippen LogP contribution in [0.25, 0.3) is 0 Å². The maximum absolute atomic E-state index is 12.8. The summed E-state index contributed by atoms with van der Waals surface area (Å²) >= 11 is 0. The number of ether oxygens (including phenoxy) is 4. The highest BCUT2D eigenvalue weighted by atomic mass is 16.6. The fourth-order valence-electron chi connectivity index (χ4n) is 3.48. The molecule has 1 aromatic rings. The molecular weight excluding hydrogens is 388 g/mol. The molecule has 1 aromatic carbocycles. The van der Waals surface area contributed by atoms with E-state index in [-0.39, 0.29) is 41.6 Å². The highest BCUT2D eigenvalue weighted by Gasteiger charge is 2.42. The highest BCUT2D eigenvalue weighted by molar-refractivity contribution is 5.96. The zero-order chi connectivity index (χ0) is 21.7. The number of Topliss-reactive ketones (excluding diaryl/α,β-unsaturated/α-hetero) is 1. The van der Waals surface area contributed by atoms with Gasteiger partial charge in [0, 0.05) is 6.42 Å². The van der Waals surface area contributed by atoms with Crippen molar-refractivity contribution in [3.63, 3.8) is 0 Å². The standard InChI is InChI=1S/C23H28O7/c1-4-11-27-23(26)15-5-7-16(8-6-15)29-20-13-28-19-12-17(30-22(25)14(2)3)9-10-18(19)21(20)24/h5-8,13-14,17-19H,4,9-12H2,1-3H3. The summed E-state index contributed by atoms with van der Waals surface area (Å²) in [4.78, 5) is 36.5. The summed E-state index contributed by atoms with van der Waals surface area (Å²) < 4.78 is 22.0. The van der Waals surface area contributed by atoms with E-state index in [9.17, 15) is 14.4 Å². The molecule has 1 aliphatic carbocycles. The van der Waals surface area contributed by atoms with Crippen molar-refractivity contribution in [3.05, 3.63) is 41.9 Å². The summed E-state index contributed by atoms with van der Waals surface area (Å²) in [6.07, 6.45) is 3.22. The Balaban J connectivity index is 1.59. The van der Waals surface area contributed by atoms with E-state index in [2.05, 4.69) is 0 Å². The quantitative estimate of drug-likeness (QED) is 0.625. The average molecular weight is 416 g/mol. The second kappa shape index (κ2) is 9.78. The number of rotatable bonds is 7. The molecular formula is C23H28O7. The van der Waals surface area contributed by atoms with Crippen molar-refractivity contribution in [1.29, 1.82) is 0 Å². The molecule has 162 valence electrons. The molecule has 0 saturated heterocycles. The van der Waals surface area contributed by atoms with Crippen LogP contribution in [0.5, 0.6) is 5.75 Å². The molecule has 0 radical (unpaired) electrons. The van der Waals surface area contributed by atoms with E-state index in [1.165, 1.54) is 6.26 Å². The number of hydrogen-bond acceptors (Lipinski definition) is 7. The highest BCUT2D eigenvalue weighted by Crippen LogP contribution is 2.35. The van der Waals surface area contributed by atoms with Crippen molar-refractivity contribution in [2.45, 2.75) is 58.7 Å². The largest absolute Gasteiger partial charge is 0.493 e. The van der Waals surface area contributed by atoms with E-state index in [1.807, 2.05) is 6.92 Å². The number of fused-ring (bicyclic) bond motifs is 1. The normalized spacial score (nSPS) is 23.1. The summed E-state index contributed by atoms with van der Waals surface area (Å²) in [5.74, 6) is -0.678. The third-order valence-electron chi connectivity index (χ3n) is 5.18. The van der Waals surface area contributed by atoms with Crippen LogP contribution in [0.3, 0.4) is 0 Å². The van der Waals surface area contributed by atoms with E-state index in [1.54, 1.807) is 38.1 Å². The Kier molecular flexibility index (Phi) is 7.13. The lowest BCUT2D eigenvalue weighted by molar-refractivity contribution is -0.158. The third-order valence-corrected chi connectivity index (χ3v) is 5.18. The number of carbonyl (C=O) groups excluding carboxylic acids is 3. The maximum atomic E-state index is 12.8. The van der Waals surface area contributed by atoms with Gasteiger partial charge in [0.15, 0.2) is 0 Å². The van der Waals surface area contributed by atoms with Gasteiger partial charge in [-0.3, -0.25) is 9.59 Å². The molecule has 1 fully saturated rings. The minimum Gasteiger partial charge on any atom is -0.493 e. The molecule has 0 bridgehead atoms. The number of ketones is 1. The Morgan fingerprint density at radius 2 is 1.90 bits per heavy atom. The summed E-state index contributed by atoms with van der Waals surface area (Å²) in [5.41, 5.74) is 0.422. The molecule has 0 spiro atoms. The summed E-state index contributed by atoms with van der Waals surface area (Å²) in [5, 5.41) is 0. The predicted octanol–water partition coefficient (Wildman–Crippen LogP) is 3.81. The molecule has 30 heavy (non-hydrogen) atoms. The minimum absolute atomic E-state index is 0.119. The van der Waals surface area contributed by atoms with Gasteiger partial charge in [-0.1, -0.05) is 20.8 Å². The fourth-order valence-corrected chi connectivity index (χ4v) is 3.48. The van der Waals surface area contributed by atoms with Gasteiger partial charge in [-0.2, -0.15) is 0 Å². The van der Waals surface area contributed by atoms with Crippen LogP contribution in [0.2, 0.25) is 0 Å². The van der Waals surface area contributed by atoms with Crippen molar-refractivity contribution >= 4 is 17.7 Å². The third kappa shape index (κ3) is 5.20. The zero-order valence-electron chi connectivity index (χ0n) is 17.6. The molecule has 7 nitrogen and oxygen atoms in total. The first-order chi connectivity index (χ1) is 14.4. The van der Waals surface area contributed by atoms with Crippen LogP contribution in [0.1, 0.15) is 56.8 Å². The van der Waals surface area contributed by atoms with Crippen LogP contribution in [0.4, 0.5) is 0 Å². The van der Waals surface area contributed by atoms with Gasteiger partial charge in [-0.15, -0.1) is 0 Å². The zero-order valence-corrected chi connectivity index (χ0v) is 17.6. The molecule has 3 unspecified atom stereocenters. The fraction of sp³-hybridized carbons (Fsp3) is 0.522. The van der Waals surface area contributed by atoms with Crippen LogP contribution >= 0.6 is 0 Å². The van der Waals surface area contributed by atoms with Crippen LogP contribution < -0.4 is 4.74 Å². The molecule has 3 rings (SSSR count). The monoisotopic (exact) mass is 416 g/mol. The van der Waals surface area contributed by atoms with Crippen molar-refractivity contribution in [1.82, 2.24) is 0 Å². The molecule has 3 atom stereocenters. The van der Waals surface area contributed by atoms with Gasteiger partial charge in [-0.05, 0) is 43.5 Å². The van der Waals surface area contributed by atoms with Crippen LogP contribution in [-0.4, -0.2) is 36.5 Å². The first-order valence-corrected chi connectivity index (χ1v) is 10.4. The maximum Gasteiger partial charge on any atom is 0.338 e. The SMILES string of the molecule is CCCOC(=O)c1ccc(OC2=COC3CC(OC(=O)C(C)C)CCC3C2=O)cc1. The van der Waals surface area contributed by atoms with E-state index < -0.39 is 5.97 Å².